The van der Waals surface area contributed by atoms with Crippen LogP contribution in [0.3, 0.4) is 0 Å². The normalized spacial score (nSPS) is 14.6. The summed E-state index contributed by atoms with van der Waals surface area (Å²) in [4.78, 5) is 6.90. The second-order valence-corrected chi connectivity index (χ2v) is 7.79. The first-order valence-electron chi connectivity index (χ1n) is 8.72. The molecule has 1 aliphatic heterocycles. The molecule has 2 aromatic carbocycles. The molecule has 0 aliphatic carbocycles. The van der Waals surface area contributed by atoms with E-state index in [4.69, 9.17) is 4.74 Å². The Morgan fingerprint density at radius 3 is 2.74 bits per heavy atom. The Balaban J connectivity index is 1.40. The molecule has 0 saturated carbocycles. The highest BCUT2D eigenvalue weighted by molar-refractivity contribution is 9.10. The first-order chi connectivity index (χ1) is 13.3. The van der Waals surface area contributed by atoms with Crippen LogP contribution >= 0.6 is 27.3 Å². The highest BCUT2D eigenvalue weighted by Gasteiger charge is 2.12. The van der Waals surface area contributed by atoms with Crippen LogP contribution in [0.2, 0.25) is 0 Å². The van der Waals surface area contributed by atoms with Gasteiger partial charge in [-0.3, -0.25) is 5.43 Å². The van der Waals surface area contributed by atoms with Crippen LogP contribution in [0.1, 0.15) is 5.56 Å². The van der Waals surface area contributed by atoms with Crippen LogP contribution in [0.4, 0.5) is 10.8 Å². The van der Waals surface area contributed by atoms with Crippen molar-refractivity contribution in [1.29, 1.82) is 0 Å². The molecule has 0 spiro atoms. The largest absolute Gasteiger partial charge is 0.378 e. The number of nitrogens with one attached hydrogen (secondary N) is 1. The lowest BCUT2D eigenvalue weighted by Crippen LogP contribution is -2.36. The van der Waals surface area contributed by atoms with Crippen molar-refractivity contribution < 1.29 is 4.74 Å². The Morgan fingerprint density at radius 1 is 1.15 bits per heavy atom. The zero-order chi connectivity index (χ0) is 18.5. The van der Waals surface area contributed by atoms with Crippen LogP contribution in [-0.2, 0) is 4.74 Å². The van der Waals surface area contributed by atoms with Gasteiger partial charge < -0.3 is 9.64 Å². The molecule has 138 valence electrons. The number of anilines is 2. The van der Waals surface area contributed by atoms with Gasteiger partial charge in [0.05, 0.1) is 25.1 Å². The third-order valence-corrected chi connectivity index (χ3v) is 5.73. The maximum absolute atomic E-state index is 5.41. The molecule has 0 bridgehead atoms. The highest BCUT2D eigenvalue weighted by atomic mass is 79.9. The smallest absolute Gasteiger partial charge is 0.203 e. The number of nitrogens with zero attached hydrogens (tertiary/aromatic N) is 3. The Hall–Kier alpha value is -2.22. The van der Waals surface area contributed by atoms with Gasteiger partial charge in [-0.05, 0) is 12.1 Å². The van der Waals surface area contributed by atoms with E-state index in [0.29, 0.717) is 0 Å². The van der Waals surface area contributed by atoms with Crippen molar-refractivity contribution >= 4 is 44.3 Å². The average Bonchev–Trinajstić information content (AvgIpc) is 3.19. The zero-order valence-corrected chi connectivity index (χ0v) is 17.0. The predicted molar refractivity (Wildman–Crippen MR) is 116 cm³/mol. The number of aromatic nitrogens is 1. The lowest BCUT2D eigenvalue weighted by Gasteiger charge is -2.29. The van der Waals surface area contributed by atoms with Crippen molar-refractivity contribution in [3.8, 4) is 11.3 Å². The quantitative estimate of drug-likeness (QED) is 0.452. The molecular formula is C20H19BrN4OS. The molecule has 0 amide bonds. The molecule has 2 heterocycles. The summed E-state index contributed by atoms with van der Waals surface area (Å²) < 4.78 is 6.43. The van der Waals surface area contributed by atoms with Gasteiger partial charge in [0, 0.05) is 39.8 Å². The van der Waals surface area contributed by atoms with Crippen LogP contribution in [0, 0.1) is 0 Å². The minimum atomic E-state index is 0.770. The lowest BCUT2D eigenvalue weighted by atomic mass is 10.2. The van der Waals surface area contributed by atoms with Gasteiger partial charge in [0.2, 0.25) is 5.13 Å². The predicted octanol–water partition coefficient (Wildman–Crippen LogP) is 4.86. The van der Waals surface area contributed by atoms with Gasteiger partial charge in [0.25, 0.3) is 0 Å². The second kappa shape index (κ2) is 8.65. The van der Waals surface area contributed by atoms with Crippen LogP contribution in [0.5, 0.6) is 0 Å². The monoisotopic (exact) mass is 442 g/mol. The standard InChI is InChI=1S/C20H19BrN4OS/c21-18-12-17(25-8-10-26-11-9-25)7-6-16(18)13-22-24-20-23-19(14-27-20)15-4-2-1-3-5-15/h1-7,12-14H,8-11H2,(H,23,24). The Bertz CT molecular complexity index is 923. The number of ether oxygens (including phenoxy) is 1. The van der Waals surface area contributed by atoms with Gasteiger partial charge in [0.1, 0.15) is 0 Å². The maximum Gasteiger partial charge on any atom is 0.203 e. The molecule has 0 radical (unpaired) electrons. The molecule has 1 fully saturated rings. The van der Waals surface area contributed by atoms with E-state index in [1.165, 1.54) is 17.0 Å². The fourth-order valence-corrected chi connectivity index (χ4v) is 4.00. The molecule has 7 heteroatoms. The van der Waals surface area contributed by atoms with Crippen LogP contribution in [0.15, 0.2) is 63.5 Å². The van der Waals surface area contributed by atoms with Crippen molar-refractivity contribution in [2.45, 2.75) is 0 Å². The molecule has 5 nitrogen and oxygen atoms in total. The summed E-state index contributed by atoms with van der Waals surface area (Å²) in [7, 11) is 0. The fraction of sp³-hybridized carbons (Fsp3) is 0.200. The molecule has 1 aromatic heterocycles. The Morgan fingerprint density at radius 2 is 1.96 bits per heavy atom. The van der Waals surface area contributed by atoms with Gasteiger partial charge in [0.15, 0.2) is 0 Å². The summed E-state index contributed by atoms with van der Waals surface area (Å²) in [6, 6.07) is 16.4. The van der Waals surface area contributed by atoms with E-state index in [0.717, 1.165) is 52.7 Å². The topological polar surface area (TPSA) is 49.8 Å². The summed E-state index contributed by atoms with van der Waals surface area (Å²) in [6.07, 6.45) is 1.80. The number of hydrogen-bond acceptors (Lipinski definition) is 6. The first kappa shape index (κ1) is 18.2. The highest BCUT2D eigenvalue weighted by Crippen LogP contribution is 2.26. The van der Waals surface area contributed by atoms with E-state index in [9.17, 15) is 0 Å². The second-order valence-electron chi connectivity index (χ2n) is 6.08. The molecule has 3 aromatic rings. The molecule has 1 saturated heterocycles. The number of benzene rings is 2. The van der Waals surface area contributed by atoms with E-state index in [1.807, 2.05) is 23.6 Å². The van der Waals surface area contributed by atoms with Crippen LogP contribution in [-0.4, -0.2) is 37.5 Å². The number of thiazole rings is 1. The van der Waals surface area contributed by atoms with E-state index in [2.05, 4.69) is 66.7 Å². The fourth-order valence-electron chi connectivity index (χ4n) is 2.86. The van der Waals surface area contributed by atoms with Crippen molar-refractivity contribution in [2.75, 3.05) is 36.6 Å². The van der Waals surface area contributed by atoms with Crippen LogP contribution < -0.4 is 10.3 Å². The van der Waals surface area contributed by atoms with Crippen molar-refractivity contribution in [3.05, 3.63) is 63.9 Å². The number of halogens is 1. The molecule has 0 atom stereocenters. The zero-order valence-electron chi connectivity index (χ0n) is 14.6. The van der Waals surface area contributed by atoms with Gasteiger partial charge in [-0.15, -0.1) is 11.3 Å². The SMILES string of the molecule is Brc1cc(N2CCOCC2)ccc1C=NNc1nc(-c2ccccc2)cs1. The van der Waals surface area contributed by atoms with E-state index in [-0.39, 0.29) is 0 Å². The minimum absolute atomic E-state index is 0.770. The third-order valence-electron chi connectivity index (χ3n) is 4.30. The minimum Gasteiger partial charge on any atom is -0.378 e. The van der Waals surface area contributed by atoms with Gasteiger partial charge in [-0.2, -0.15) is 5.10 Å². The number of rotatable bonds is 5. The Kier molecular flexibility index (Phi) is 5.81. The molecule has 4 rings (SSSR count). The number of hydrogen-bond donors (Lipinski definition) is 1. The van der Waals surface area contributed by atoms with E-state index in [1.54, 1.807) is 6.21 Å². The van der Waals surface area contributed by atoms with E-state index < -0.39 is 0 Å². The molecule has 1 aliphatic rings. The number of morpholine rings is 1. The summed E-state index contributed by atoms with van der Waals surface area (Å²) >= 11 is 5.18. The van der Waals surface area contributed by atoms with E-state index >= 15 is 0 Å². The third kappa shape index (κ3) is 4.55. The molecule has 27 heavy (non-hydrogen) atoms. The average molecular weight is 443 g/mol. The molecule has 0 unspecified atom stereocenters. The first-order valence-corrected chi connectivity index (χ1v) is 10.4. The summed E-state index contributed by atoms with van der Waals surface area (Å²) in [5.41, 5.74) is 7.28. The van der Waals surface area contributed by atoms with Gasteiger partial charge >= 0.3 is 0 Å². The Labute approximate surface area is 170 Å². The summed E-state index contributed by atoms with van der Waals surface area (Å²) in [5.74, 6) is 0. The maximum atomic E-state index is 5.41. The van der Waals surface area contributed by atoms with Crippen molar-refractivity contribution in [2.24, 2.45) is 5.10 Å². The van der Waals surface area contributed by atoms with Gasteiger partial charge in [-0.1, -0.05) is 52.3 Å². The summed E-state index contributed by atoms with van der Waals surface area (Å²) in [6.45, 7) is 3.41. The summed E-state index contributed by atoms with van der Waals surface area (Å²) in [5, 5.41) is 7.13. The lowest BCUT2D eigenvalue weighted by molar-refractivity contribution is 0.122. The van der Waals surface area contributed by atoms with Crippen LogP contribution in [0.25, 0.3) is 11.3 Å². The number of hydrazone groups is 1. The molecular weight excluding hydrogens is 424 g/mol. The van der Waals surface area contributed by atoms with Crippen molar-refractivity contribution in [3.63, 3.8) is 0 Å². The van der Waals surface area contributed by atoms with Gasteiger partial charge in [-0.25, -0.2) is 4.98 Å². The molecule has 1 N–H and O–H groups in total. The van der Waals surface area contributed by atoms with Crippen molar-refractivity contribution in [1.82, 2.24) is 4.98 Å².